The van der Waals surface area contributed by atoms with Crippen molar-refractivity contribution in [2.45, 2.75) is 65.2 Å². The van der Waals surface area contributed by atoms with Crippen LogP contribution in [0.1, 0.15) is 48.5 Å². The first-order valence-electron chi connectivity index (χ1n) is 7.40. The lowest BCUT2D eigenvalue weighted by Gasteiger charge is -2.39. The molecule has 120 valence electrons. The summed E-state index contributed by atoms with van der Waals surface area (Å²) < 4.78 is 0. The van der Waals surface area contributed by atoms with E-state index in [-0.39, 0.29) is 16.2 Å². The quantitative estimate of drug-likeness (QED) is 0.439. The second-order valence-electron chi connectivity index (χ2n) is 8.19. The van der Waals surface area contributed by atoms with E-state index >= 15 is 0 Å². The van der Waals surface area contributed by atoms with Gasteiger partial charge in [-0.2, -0.15) is 0 Å². The van der Waals surface area contributed by atoms with E-state index in [2.05, 4.69) is 20.8 Å². The Hall–Kier alpha value is -1.02. The molecule has 0 aromatic rings. The Morgan fingerprint density at radius 3 is 2.24 bits per heavy atom. The van der Waals surface area contributed by atoms with E-state index in [1.165, 1.54) is 5.06 Å². The van der Waals surface area contributed by atoms with Gasteiger partial charge in [0.05, 0.1) is 10.5 Å². The molecule has 2 atom stereocenters. The van der Waals surface area contributed by atoms with Gasteiger partial charge >= 0.3 is 5.70 Å². The maximum absolute atomic E-state index is 11.6. The lowest BCUT2D eigenvalue weighted by molar-refractivity contribution is -1.12. The normalized spacial score (nSPS) is 32.2. The van der Waals surface area contributed by atoms with E-state index in [9.17, 15) is 15.3 Å². The third-order valence-corrected chi connectivity index (χ3v) is 5.05. The molecule has 1 saturated heterocycles. The van der Waals surface area contributed by atoms with E-state index in [0.717, 1.165) is 16.5 Å². The molecule has 0 aliphatic carbocycles. The molecule has 0 amide bonds. The molecule has 2 heterocycles. The first kappa shape index (κ1) is 16.4. The zero-order chi connectivity index (χ0) is 16.4. The molecule has 2 aliphatic heterocycles. The lowest BCUT2D eigenvalue weighted by atomic mass is 9.97. The summed E-state index contributed by atoms with van der Waals surface area (Å²) in [4.78, 5) is 13.5. The van der Waals surface area contributed by atoms with Gasteiger partial charge in [0.2, 0.25) is 12.4 Å². The van der Waals surface area contributed by atoms with Crippen molar-refractivity contribution in [3.05, 3.63) is 21.5 Å². The largest absolute Gasteiger partial charge is 0.357 e. The fourth-order valence-corrected chi connectivity index (χ4v) is 3.69. The van der Waals surface area contributed by atoms with Gasteiger partial charge in [0.15, 0.2) is 12.2 Å². The summed E-state index contributed by atoms with van der Waals surface area (Å²) in [7, 11) is 0. The molecule has 2 aliphatic rings. The molecule has 2 rings (SSSR count). The summed E-state index contributed by atoms with van der Waals surface area (Å²) in [6.45, 7) is 15.0. The molecule has 0 aromatic carbocycles. The lowest BCUT2D eigenvalue weighted by Crippen LogP contribution is -3.37. The van der Waals surface area contributed by atoms with Crippen LogP contribution in [0.2, 0.25) is 0 Å². The molecule has 0 saturated carbocycles. The van der Waals surface area contributed by atoms with E-state index in [1.807, 2.05) is 27.7 Å². The number of hydrogen-bond donors (Lipinski definition) is 3. The Balaban J connectivity index is 2.62. The molecule has 0 aromatic heterocycles. The van der Waals surface area contributed by atoms with Crippen molar-refractivity contribution >= 4 is 0 Å². The summed E-state index contributed by atoms with van der Waals surface area (Å²) in [6, 6.07) is 0. The van der Waals surface area contributed by atoms with E-state index in [4.69, 9.17) is 0 Å². The van der Waals surface area contributed by atoms with Crippen LogP contribution in [0.4, 0.5) is 0 Å². The van der Waals surface area contributed by atoms with Crippen molar-refractivity contribution in [2.75, 3.05) is 13.2 Å². The molecule has 3 N–H and O–H groups in total. The van der Waals surface area contributed by atoms with Crippen LogP contribution >= 0.6 is 0 Å². The average molecular weight is 300 g/mol. The number of nitrogens with zero attached hydrogens (tertiary/aromatic N) is 2. The number of nitro groups is 1. The maximum Gasteiger partial charge on any atom is 0.357 e. The monoisotopic (exact) mass is 300 g/mol. The predicted octanol–water partition coefficient (Wildman–Crippen LogP) is -0.766. The van der Waals surface area contributed by atoms with Crippen molar-refractivity contribution in [3.8, 4) is 0 Å². The predicted molar refractivity (Wildman–Crippen MR) is 77.2 cm³/mol. The van der Waals surface area contributed by atoms with Crippen LogP contribution in [0.15, 0.2) is 11.4 Å². The molecule has 2 unspecified atom stereocenters. The summed E-state index contributed by atoms with van der Waals surface area (Å²) in [5, 5.41) is 23.4. The number of nitrogens with one attached hydrogen (secondary N) is 2. The third-order valence-electron chi connectivity index (χ3n) is 5.05. The van der Waals surface area contributed by atoms with E-state index in [1.54, 1.807) is 0 Å². The van der Waals surface area contributed by atoms with Gasteiger partial charge in [-0.3, -0.25) is 15.0 Å². The molecule has 7 heteroatoms. The number of hydroxylamine groups is 2. The van der Waals surface area contributed by atoms with Gasteiger partial charge in [-0.15, -0.1) is 5.06 Å². The van der Waals surface area contributed by atoms with Crippen LogP contribution in [0.25, 0.3) is 0 Å². The van der Waals surface area contributed by atoms with E-state index < -0.39 is 11.2 Å². The minimum Gasteiger partial charge on any atom is -0.307 e. The molecule has 21 heavy (non-hydrogen) atoms. The van der Waals surface area contributed by atoms with Crippen LogP contribution in [-0.4, -0.2) is 45.1 Å². The van der Waals surface area contributed by atoms with Gasteiger partial charge in [-0.05, 0) is 34.6 Å². The highest BCUT2D eigenvalue weighted by atomic mass is 16.6. The van der Waals surface area contributed by atoms with Crippen LogP contribution in [0, 0.1) is 10.1 Å². The molecule has 0 spiro atoms. The summed E-state index contributed by atoms with van der Waals surface area (Å²) in [5.74, 6) is 0. The summed E-state index contributed by atoms with van der Waals surface area (Å²) in [5.41, 5.74) is -0.436. The third kappa shape index (κ3) is 2.28. The van der Waals surface area contributed by atoms with Gasteiger partial charge in [-0.25, -0.2) is 4.90 Å². The van der Waals surface area contributed by atoms with Crippen molar-refractivity contribution in [3.63, 3.8) is 0 Å². The van der Waals surface area contributed by atoms with Crippen molar-refractivity contribution < 1.29 is 19.9 Å². The first-order chi connectivity index (χ1) is 9.31. The SMILES string of the molecule is CC1(C)C2=C([N+](=O)[O-])C[NH+](C(C)(C)C)C[NH+]2C(C)(C)N1O. The number of hydrogen-bond acceptors (Lipinski definition) is 4. The highest BCUT2D eigenvalue weighted by Crippen LogP contribution is 2.33. The number of quaternary nitrogens is 2. The maximum atomic E-state index is 11.6. The summed E-state index contributed by atoms with van der Waals surface area (Å²) >= 11 is 0. The zero-order valence-corrected chi connectivity index (χ0v) is 14.1. The number of fused-ring (bicyclic) bond motifs is 1. The Bertz CT molecular complexity index is 505. The summed E-state index contributed by atoms with van der Waals surface area (Å²) in [6.07, 6.45) is 0. The Labute approximate surface area is 125 Å². The highest BCUT2D eigenvalue weighted by molar-refractivity contribution is 5.18. The second kappa shape index (κ2) is 4.49. The molecular formula is C14H28N4O3+2. The van der Waals surface area contributed by atoms with E-state index in [0.29, 0.717) is 12.2 Å². The van der Waals surface area contributed by atoms with Crippen LogP contribution in [0.3, 0.4) is 0 Å². The van der Waals surface area contributed by atoms with Crippen molar-refractivity contribution in [1.82, 2.24) is 5.06 Å². The van der Waals surface area contributed by atoms with Crippen molar-refractivity contribution in [1.29, 1.82) is 0 Å². The topological polar surface area (TPSA) is 75.5 Å². The minimum atomic E-state index is -0.731. The highest BCUT2D eigenvalue weighted by Gasteiger charge is 2.65. The Kier molecular flexibility index (Phi) is 3.49. The van der Waals surface area contributed by atoms with Crippen molar-refractivity contribution in [2.24, 2.45) is 0 Å². The smallest absolute Gasteiger partial charge is 0.307 e. The Morgan fingerprint density at radius 2 is 1.81 bits per heavy atom. The standard InChI is InChI=1S/C14H26N4O3/c1-12(2,3)15-8-10(17(19)20)11-13(4,5)18(21)14(6,7)16(11)9-15/h21H,8-9H2,1-7H3/p+2. The van der Waals surface area contributed by atoms with Gasteiger partial charge in [0.25, 0.3) is 0 Å². The van der Waals surface area contributed by atoms with Crippen LogP contribution in [0.5, 0.6) is 0 Å². The van der Waals surface area contributed by atoms with Gasteiger partial charge in [-0.1, -0.05) is 0 Å². The Morgan fingerprint density at radius 1 is 1.29 bits per heavy atom. The first-order valence-corrected chi connectivity index (χ1v) is 7.40. The molecule has 0 bridgehead atoms. The fraction of sp³-hybridized carbons (Fsp3) is 0.857. The van der Waals surface area contributed by atoms with Gasteiger partial charge in [0, 0.05) is 13.8 Å². The molecular weight excluding hydrogens is 272 g/mol. The molecule has 7 nitrogen and oxygen atoms in total. The van der Waals surface area contributed by atoms with Crippen LogP contribution in [-0.2, 0) is 0 Å². The molecule has 0 radical (unpaired) electrons. The number of rotatable bonds is 1. The average Bonchev–Trinajstić information content (AvgIpc) is 2.46. The van der Waals surface area contributed by atoms with Gasteiger partial charge < -0.3 is 5.21 Å². The van der Waals surface area contributed by atoms with Crippen LogP contribution < -0.4 is 9.80 Å². The molecule has 1 fully saturated rings. The zero-order valence-electron chi connectivity index (χ0n) is 14.1. The second-order valence-corrected chi connectivity index (χ2v) is 8.19. The van der Waals surface area contributed by atoms with Gasteiger partial charge in [0.1, 0.15) is 5.54 Å². The fourth-order valence-electron chi connectivity index (χ4n) is 3.69. The minimum absolute atomic E-state index is 0.0805.